The number of amides is 1. The third kappa shape index (κ3) is 4.10. The van der Waals surface area contributed by atoms with Crippen molar-refractivity contribution in [2.45, 2.75) is 39.7 Å². The molecule has 0 N–H and O–H groups in total. The average molecular weight is 282 g/mol. The minimum atomic E-state index is -0.312. The number of halogens is 1. The number of carbonyl (C=O) groups excluding carboxylic acids is 1. The molecular weight excluding hydrogens is 258 g/mol. The molecule has 0 aliphatic heterocycles. The number of rotatable bonds is 5. The lowest BCUT2D eigenvalue weighted by atomic mass is 9.91. The van der Waals surface area contributed by atoms with Crippen LogP contribution in [0.25, 0.3) is 0 Å². The topological polar surface area (TPSA) is 20.3 Å². The maximum Gasteiger partial charge on any atom is 0.249 e. The fraction of sp³-hybridized carbons (Fsp3) is 0.438. The molecule has 0 aromatic heterocycles. The fourth-order valence-corrected chi connectivity index (χ4v) is 2.09. The number of benzene rings is 1. The molecule has 1 amide bonds. The van der Waals surface area contributed by atoms with Gasteiger partial charge in [0.25, 0.3) is 0 Å². The summed E-state index contributed by atoms with van der Waals surface area (Å²) in [6.45, 7) is 12.5. The first kappa shape index (κ1) is 17.7. The summed E-state index contributed by atoms with van der Waals surface area (Å²) in [6.07, 6.45) is 0.940. The van der Waals surface area contributed by atoms with Gasteiger partial charge in [0.15, 0.2) is 0 Å². The third-order valence-electron chi connectivity index (χ3n) is 3.21. The van der Waals surface area contributed by atoms with E-state index < -0.39 is 0 Å². The molecule has 2 nitrogen and oxygen atoms in total. The molecule has 0 bridgehead atoms. The highest BCUT2D eigenvalue weighted by molar-refractivity contribution is 5.92. The van der Waals surface area contributed by atoms with Gasteiger partial charge in [-0.25, -0.2) is 0 Å². The predicted octanol–water partition coefficient (Wildman–Crippen LogP) is 4.16. The van der Waals surface area contributed by atoms with Gasteiger partial charge in [0.2, 0.25) is 5.91 Å². The van der Waals surface area contributed by atoms with E-state index in [1.165, 1.54) is 0 Å². The molecule has 0 spiro atoms. The van der Waals surface area contributed by atoms with Crippen LogP contribution in [0.15, 0.2) is 42.5 Å². The Hall–Kier alpha value is -1.28. The molecule has 19 heavy (non-hydrogen) atoms. The van der Waals surface area contributed by atoms with Gasteiger partial charge < -0.3 is 4.90 Å². The van der Waals surface area contributed by atoms with E-state index in [0.717, 1.165) is 18.5 Å². The average Bonchev–Trinajstić information content (AvgIpc) is 2.36. The fourth-order valence-electron chi connectivity index (χ4n) is 2.09. The molecule has 0 saturated carbocycles. The van der Waals surface area contributed by atoms with Gasteiger partial charge in [0.1, 0.15) is 0 Å². The lowest BCUT2D eigenvalue weighted by molar-refractivity contribution is -0.132. The zero-order valence-corrected chi connectivity index (χ0v) is 13.1. The van der Waals surface area contributed by atoms with Crippen LogP contribution in [0.3, 0.4) is 0 Å². The second-order valence-corrected chi connectivity index (χ2v) is 5.16. The number of hydrogen-bond acceptors (Lipinski definition) is 1. The zero-order chi connectivity index (χ0) is 13.8. The highest BCUT2D eigenvalue weighted by atomic mass is 35.5. The van der Waals surface area contributed by atoms with Crippen LogP contribution >= 0.6 is 12.4 Å². The molecule has 1 rings (SSSR count). The van der Waals surface area contributed by atoms with Gasteiger partial charge in [0, 0.05) is 12.1 Å². The zero-order valence-electron chi connectivity index (χ0n) is 12.3. The second-order valence-electron chi connectivity index (χ2n) is 5.16. The molecule has 0 fully saturated rings. The van der Waals surface area contributed by atoms with E-state index in [4.69, 9.17) is 0 Å². The minimum absolute atomic E-state index is 0. The Bertz CT molecular complexity index is 426. The highest BCUT2D eigenvalue weighted by Crippen LogP contribution is 2.28. The Morgan fingerprint density at radius 3 is 2.21 bits per heavy atom. The smallest absolute Gasteiger partial charge is 0.249 e. The predicted molar refractivity (Wildman–Crippen MR) is 83.5 cm³/mol. The minimum Gasteiger partial charge on any atom is -0.330 e. The van der Waals surface area contributed by atoms with Crippen molar-refractivity contribution in [3.05, 3.63) is 48.0 Å². The summed E-state index contributed by atoms with van der Waals surface area (Å²) in [5.41, 5.74) is 1.42. The standard InChI is InChI=1S/C16H23NO.ClH/c1-6-12-17(15(18)13(2)3)16(4,5)14-10-8-7-9-11-14;/h7-11H,2,6,12H2,1,3-5H3;1H. The number of carbonyl (C=O) groups is 1. The molecule has 3 heteroatoms. The van der Waals surface area contributed by atoms with Crippen LogP contribution in [0.2, 0.25) is 0 Å². The van der Waals surface area contributed by atoms with Gasteiger partial charge >= 0.3 is 0 Å². The van der Waals surface area contributed by atoms with Crippen LogP contribution in [0.4, 0.5) is 0 Å². The van der Waals surface area contributed by atoms with E-state index in [-0.39, 0.29) is 23.9 Å². The van der Waals surface area contributed by atoms with Crippen LogP contribution in [-0.4, -0.2) is 17.4 Å². The van der Waals surface area contributed by atoms with Crippen molar-refractivity contribution in [1.82, 2.24) is 4.90 Å². The summed E-state index contributed by atoms with van der Waals surface area (Å²) >= 11 is 0. The summed E-state index contributed by atoms with van der Waals surface area (Å²) < 4.78 is 0. The largest absolute Gasteiger partial charge is 0.330 e. The monoisotopic (exact) mass is 281 g/mol. The SMILES string of the molecule is C=C(C)C(=O)N(CCC)C(C)(C)c1ccccc1.Cl. The first-order chi connectivity index (χ1) is 8.41. The first-order valence-corrected chi connectivity index (χ1v) is 6.44. The van der Waals surface area contributed by atoms with Gasteiger partial charge in [-0.15, -0.1) is 12.4 Å². The Morgan fingerprint density at radius 2 is 1.79 bits per heavy atom. The van der Waals surface area contributed by atoms with Gasteiger partial charge in [0.05, 0.1) is 5.54 Å². The van der Waals surface area contributed by atoms with Crippen molar-refractivity contribution >= 4 is 18.3 Å². The molecule has 0 radical (unpaired) electrons. The van der Waals surface area contributed by atoms with Crippen molar-refractivity contribution in [2.24, 2.45) is 0 Å². The van der Waals surface area contributed by atoms with Crippen molar-refractivity contribution in [2.75, 3.05) is 6.54 Å². The second kappa shape index (κ2) is 7.34. The number of nitrogens with zero attached hydrogens (tertiary/aromatic N) is 1. The molecular formula is C16H24ClNO. The van der Waals surface area contributed by atoms with Crippen LogP contribution < -0.4 is 0 Å². The Balaban J connectivity index is 0.00000324. The first-order valence-electron chi connectivity index (χ1n) is 6.44. The molecule has 0 saturated heterocycles. The Kier molecular flexibility index (Phi) is 6.85. The van der Waals surface area contributed by atoms with Crippen LogP contribution in [0, 0.1) is 0 Å². The van der Waals surface area contributed by atoms with Crippen LogP contribution in [0.5, 0.6) is 0 Å². The van der Waals surface area contributed by atoms with E-state index in [1.54, 1.807) is 6.92 Å². The Labute approximate surface area is 122 Å². The molecule has 0 atom stereocenters. The van der Waals surface area contributed by atoms with Crippen molar-refractivity contribution in [3.8, 4) is 0 Å². The van der Waals surface area contributed by atoms with Gasteiger partial charge in [-0.1, -0.05) is 43.8 Å². The molecule has 106 valence electrons. The molecule has 0 heterocycles. The lowest BCUT2D eigenvalue weighted by Crippen LogP contribution is -2.46. The molecule has 0 aliphatic carbocycles. The summed E-state index contributed by atoms with van der Waals surface area (Å²) in [6, 6.07) is 10.1. The maximum atomic E-state index is 12.3. The lowest BCUT2D eigenvalue weighted by Gasteiger charge is -2.39. The molecule has 0 aliphatic rings. The van der Waals surface area contributed by atoms with E-state index >= 15 is 0 Å². The summed E-state index contributed by atoms with van der Waals surface area (Å²) in [7, 11) is 0. The maximum absolute atomic E-state index is 12.3. The molecule has 0 unspecified atom stereocenters. The highest BCUT2D eigenvalue weighted by Gasteiger charge is 2.31. The van der Waals surface area contributed by atoms with Crippen molar-refractivity contribution < 1.29 is 4.79 Å². The quantitative estimate of drug-likeness (QED) is 0.742. The van der Waals surface area contributed by atoms with Gasteiger partial charge in [-0.05, 0) is 32.8 Å². The normalized spacial score (nSPS) is 10.5. The Morgan fingerprint density at radius 1 is 1.26 bits per heavy atom. The van der Waals surface area contributed by atoms with E-state index in [0.29, 0.717) is 5.57 Å². The van der Waals surface area contributed by atoms with Gasteiger partial charge in [-0.2, -0.15) is 0 Å². The third-order valence-corrected chi connectivity index (χ3v) is 3.21. The van der Waals surface area contributed by atoms with Crippen molar-refractivity contribution in [1.29, 1.82) is 0 Å². The van der Waals surface area contributed by atoms with Crippen molar-refractivity contribution in [3.63, 3.8) is 0 Å². The molecule has 1 aromatic rings. The summed E-state index contributed by atoms with van der Waals surface area (Å²) in [5, 5.41) is 0. The number of hydrogen-bond donors (Lipinski definition) is 0. The summed E-state index contributed by atoms with van der Waals surface area (Å²) in [4.78, 5) is 14.2. The van der Waals surface area contributed by atoms with Gasteiger partial charge in [-0.3, -0.25) is 4.79 Å². The summed E-state index contributed by atoms with van der Waals surface area (Å²) in [5.74, 6) is 0.0331. The van der Waals surface area contributed by atoms with E-state index in [1.807, 2.05) is 23.1 Å². The van der Waals surface area contributed by atoms with E-state index in [2.05, 4.69) is 39.5 Å². The van der Waals surface area contributed by atoms with Crippen LogP contribution in [-0.2, 0) is 10.3 Å². The van der Waals surface area contributed by atoms with E-state index in [9.17, 15) is 4.79 Å². The van der Waals surface area contributed by atoms with Crippen LogP contribution in [0.1, 0.15) is 39.7 Å². The molecule has 1 aromatic carbocycles.